The lowest BCUT2D eigenvalue weighted by Gasteiger charge is -2.23. The molecular weight excluding hydrogens is 450 g/mol. The summed E-state index contributed by atoms with van der Waals surface area (Å²) in [5, 5.41) is 12.5. The van der Waals surface area contributed by atoms with Gasteiger partial charge in [0.25, 0.3) is 0 Å². The van der Waals surface area contributed by atoms with Crippen LogP contribution >= 0.6 is 11.8 Å². The van der Waals surface area contributed by atoms with E-state index in [-0.39, 0.29) is 23.7 Å². The third-order valence-electron chi connectivity index (χ3n) is 5.43. The Bertz CT molecular complexity index is 1080. The van der Waals surface area contributed by atoms with Crippen LogP contribution in [0.25, 0.3) is 0 Å². The fourth-order valence-electron chi connectivity index (χ4n) is 3.60. The Morgan fingerprint density at radius 3 is 2.38 bits per heavy atom. The fraction of sp³-hybridized carbons (Fsp3) is 0.360. The lowest BCUT2D eigenvalue weighted by molar-refractivity contribution is -0.118. The molecular formula is C25H31N5O3S. The number of thioether (sulfide) groups is 1. The van der Waals surface area contributed by atoms with Crippen LogP contribution in [-0.4, -0.2) is 58.5 Å². The van der Waals surface area contributed by atoms with Crippen molar-refractivity contribution in [1.82, 2.24) is 25.0 Å². The number of carbonyl (C=O) groups is 2. The van der Waals surface area contributed by atoms with Gasteiger partial charge >= 0.3 is 5.97 Å². The van der Waals surface area contributed by atoms with Crippen molar-refractivity contribution in [2.75, 3.05) is 27.0 Å². The molecule has 8 nitrogen and oxygen atoms in total. The first-order chi connectivity index (χ1) is 16.4. The average Bonchev–Trinajstić information content (AvgIpc) is 3.24. The normalized spacial score (nSPS) is 11.9. The molecule has 0 spiro atoms. The van der Waals surface area contributed by atoms with Crippen molar-refractivity contribution in [1.29, 1.82) is 0 Å². The number of hydrogen-bond donors (Lipinski definition) is 1. The molecule has 0 aliphatic heterocycles. The van der Waals surface area contributed by atoms with Crippen LogP contribution in [0.5, 0.6) is 0 Å². The van der Waals surface area contributed by atoms with Crippen LogP contribution in [0.4, 0.5) is 0 Å². The third-order valence-corrected chi connectivity index (χ3v) is 6.40. The number of carbonyl (C=O) groups excluding carboxylic acids is 2. The number of rotatable bonds is 11. The Morgan fingerprint density at radius 2 is 1.76 bits per heavy atom. The third kappa shape index (κ3) is 6.68. The van der Waals surface area contributed by atoms with Crippen molar-refractivity contribution in [3.05, 3.63) is 77.1 Å². The summed E-state index contributed by atoms with van der Waals surface area (Å²) in [5.41, 5.74) is 2.53. The van der Waals surface area contributed by atoms with Crippen LogP contribution in [0.3, 0.4) is 0 Å². The SMILES string of the molecule is CCC(c1nnc(SCC(=O)NCc2ccc(C(=O)OC)cc2)n1Cc1ccccc1)N(C)C. The van der Waals surface area contributed by atoms with Crippen LogP contribution in [0.2, 0.25) is 0 Å². The van der Waals surface area contributed by atoms with Gasteiger partial charge in [-0.25, -0.2) is 4.79 Å². The minimum absolute atomic E-state index is 0.0995. The molecule has 34 heavy (non-hydrogen) atoms. The topological polar surface area (TPSA) is 89.4 Å². The minimum atomic E-state index is -0.384. The molecule has 0 fully saturated rings. The molecule has 0 aliphatic rings. The largest absolute Gasteiger partial charge is 0.465 e. The average molecular weight is 482 g/mol. The second kappa shape index (κ2) is 12.3. The van der Waals surface area contributed by atoms with Crippen LogP contribution in [0.15, 0.2) is 59.8 Å². The molecule has 0 aliphatic carbocycles. The van der Waals surface area contributed by atoms with E-state index in [2.05, 4.69) is 44.0 Å². The van der Waals surface area contributed by atoms with Gasteiger partial charge < -0.3 is 14.6 Å². The number of esters is 1. The number of ether oxygens (including phenoxy) is 1. The van der Waals surface area contributed by atoms with E-state index < -0.39 is 0 Å². The maximum atomic E-state index is 12.5. The van der Waals surface area contributed by atoms with Gasteiger partial charge in [-0.1, -0.05) is 61.2 Å². The minimum Gasteiger partial charge on any atom is -0.465 e. The van der Waals surface area contributed by atoms with Gasteiger partial charge in [-0.05, 0) is 43.8 Å². The number of nitrogens with one attached hydrogen (secondary N) is 1. The van der Waals surface area contributed by atoms with Crippen LogP contribution in [0.1, 0.15) is 46.7 Å². The van der Waals surface area contributed by atoms with Crippen LogP contribution in [-0.2, 0) is 22.6 Å². The highest BCUT2D eigenvalue weighted by molar-refractivity contribution is 7.99. The Balaban J connectivity index is 1.65. The number of amides is 1. The number of nitrogens with zero attached hydrogens (tertiary/aromatic N) is 4. The monoisotopic (exact) mass is 481 g/mol. The van der Waals surface area contributed by atoms with Gasteiger partial charge in [0.05, 0.1) is 31.0 Å². The van der Waals surface area contributed by atoms with Crippen LogP contribution in [0, 0.1) is 0 Å². The summed E-state index contributed by atoms with van der Waals surface area (Å²) in [4.78, 5) is 26.2. The predicted molar refractivity (Wildman–Crippen MR) is 133 cm³/mol. The Kier molecular flexibility index (Phi) is 9.24. The van der Waals surface area contributed by atoms with Crippen LogP contribution < -0.4 is 5.32 Å². The van der Waals surface area contributed by atoms with Gasteiger partial charge in [0, 0.05) is 6.54 Å². The summed E-state index contributed by atoms with van der Waals surface area (Å²) in [6.45, 7) is 3.15. The summed E-state index contributed by atoms with van der Waals surface area (Å²) in [5.74, 6) is 0.638. The highest BCUT2D eigenvalue weighted by atomic mass is 32.2. The van der Waals surface area contributed by atoms with E-state index in [1.165, 1.54) is 18.9 Å². The van der Waals surface area contributed by atoms with Crippen molar-refractivity contribution in [2.24, 2.45) is 0 Å². The zero-order valence-electron chi connectivity index (χ0n) is 20.0. The Morgan fingerprint density at radius 1 is 1.06 bits per heavy atom. The first-order valence-corrected chi connectivity index (χ1v) is 12.1. The highest BCUT2D eigenvalue weighted by Gasteiger charge is 2.22. The second-order valence-corrected chi connectivity index (χ2v) is 9.00. The Labute approximate surface area is 204 Å². The first-order valence-electron chi connectivity index (χ1n) is 11.1. The number of aromatic nitrogens is 3. The van der Waals surface area contributed by atoms with Gasteiger partial charge in [-0.3, -0.25) is 9.69 Å². The van der Waals surface area contributed by atoms with Crippen molar-refractivity contribution < 1.29 is 14.3 Å². The van der Waals surface area contributed by atoms with E-state index >= 15 is 0 Å². The maximum absolute atomic E-state index is 12.5. The van der Waals surface area contributed by atoms with E-state index in [0.29, 0.717) is 18.7 Å². The predicted octanol–water partition coefficient (Wildman–Crippen LogP) is 3.53. The summed E-state index contributed by atoms with van der Waals surface area (Å²) >= 11 is 1.38. The molecule has 0 radical (unpaired) electrons. The molecule has 1 unspecified atom stereocenters. The summed E-state index contributed by atoms with van der Waals surface area (Å²) in [6, 6.07) is 17.3. The maximum Gasteiger partial charge on any atom is 0.337 e. The molecule has 1 atom stereocenters. The van der Waals surface area contributed by atoms with Gasteiger partial charge in [-0.2, -0.15) is 0 Å². The molecule has 0 bridgehead atoms. The van der Waals surface area contributed by atoms with E-state index in [0.717, 1.165) is 28.5 Å². The van der Waals surface area contributed by atoms with Crippen molar-refractivity contribution in [3.8, 4) is 0 Å². The van der Waals surface area contributed by atoms with Crippen molar-refractivity contribution in [3.63, 3.8) is 0 Å². The summed E-state index contributed by atoms with van der Waals surface area (Å²) in [6.07, 6.45) is 0.903. The van der Waals surface area contributed by atoms with E-state index in [4.69, 9.17) is 4.74 Å². The summed E-state index contributed by atoms with van der Waals surface area (Å²) < 4.78 is 6.81. The van der Waals surface area contributed by atoms with E-state index in [1.54, 1.807) is 24.3 Å². The second-order valence-electron chi connectivity index (χ2n) is 8.05. The molecule has 1 amide bonds. The van der Waals surface area contributed by atoms with E-state index in [9.17, 15) is 9.59 Å². The molecule has 1 aromatic heterocycles. The summed E-state index contributed by atoms with van der Waals surface area (Å²) in [7, 11) is 5.42. The molecule has 9 heteroatoms. The molecule has 3 rings (SSSR count). The lowest BCUT2D eigenvalue weighted by Crippen LogP contribution is -2.25. The first kappa shape index (κ1) is 25.5. The lowest BCUT2D eigenvalue weighted by atomic mass is 10.1. The smallest absolute Gasteiger partial charge is 0.337 e. The zero-order valence-corrected chi connectivity index (χ0v) is 20.8. The molecule has 1 N–H and O–H groups in total. The van der Waals surface area contributed by atoms with Gasteiger partial charge in [0.2, 0.25) is 5.91 Å². The molecule has 1 heterocycles. The Hall–Kier alpha value is -3.17. The van der Waals surface area contributed by atoms with Crippen molar-refractivity contribution >= 4 is 23.6 Å². The molecule has 2 aromatic carbocycles. The van der Waals surface area contributed by atoms with Crippen molar-refractivity contribution in [2.45, 2.75) is 37.6 Å². The molecule has 0 saturated carbocycles. The standard InChI is InChI=1S/C25H31N5O3S/c1-5-21(29(2)3)23-27-28-25(30(23)16-19-9-7-6-8-10-19)34-17-22(31)26-15-18-11-13-20(14-12-18)24(32)33-4/h6-14,21H,5,15-17H2,1-4H3,(H,26,31). The van der Waals surface area contributed by atoms with Gasteiger partial charge in [0.1, 0.15) is 0 Å². The number of benzene rings is 2. The molecule has 0 saturated heterocycles. The van der Waals surface area contributed by atoms with Gasteiger partial charge in [-0.15, -0.1) is 10.2 Å². The molecule has 3 aromatic rings. The van der Waals surface area contributed by atoms with E-state index in [1.807, 2.05) is 32.3 Å². The quantitative estimate of drug-likeness (QED) is 0.331. The number of hydrogen-bond acceptors (Lipinski definition) is 7. The zero-order chi connectivity index (χ0) is 24.5. The fourth-order valence-corrected chi connectivity index (χ4v) is 4.38. The van der Waals surface area contributed by atoms with Gasteiger partial charge in [0.15, 0.2) is 11.0 Å². The molecule has 180 valence electrons. The number of methoxy groups -OCH3 is 1. The highest BCUT2D eigenvalue weighted by Crippen LogP contribution is 2.26.